The molecule has 4 N–H and O–H groups in total. The average Bonchev–Trinajstić information content (AvgIpc) is 2.42. The number of carbonyl (C=O) groups excluding carboxylic acids is 1. The number of nitrogens with one attached hydrogen (secondary N) is 2. The summed E-state index contributed by atoms with van der Waals surface area (Å²) in [5, 5.41) is 9.95. The molecule has 0 spiro atoms. The summed E-state index contributed by atoms with van der Waals surface area (Å²) < 4.78 is 22.5. The highest BCUT2D eigenvalue weighted by Crippen LogP contribution is 2.33. The van der Waals surface area contributed by atoms with E-state index in [1.807, 2.05) is 6.07 Å². The number of primary sulfonamides is 1. The second-order valence-electron chi connectivity index (χ2n) is 4.25. The highest BCUT2D eigenvalue weighted by Gasteiger charge is 2.16. The van der Waals surface area contributed by atoms with Gasteiger partial charge in [0.1, 0.15) is 0 Å². The molecule has 2 rings (SSSR count). The SMILES string of the molecule is NS(=O)(=O)c1cc(Cl)c(NC(=O)Nc2ccccc2)c(Cl)c1. The second-order valence-corrected chi connectivity index (χ2v) is 6.63. The first-order chi connectivity index (χ1) is 10.3. The Morgan fingerprint density at radius 3 is 2.05 bits per heavy atom. The first kappa shape index (κ1) is 16.6. The van der Waals surface area contributed by atoms with E-state index in [4.69, 9.17) is 28.3 Å². The van der Waals surface area contributed by atoms with Crippen molar-refractivity contribution in [2.24, 2.45) is 5.14 Å². The molecule has 0 aromatic heterocycles. The Bertz CT molecular complexity index is 788. The zero-order valence-corrected chi connectivity index (χ0v) is 13.3. The van der Waals surface area contributed by atoms with Gasteiger partial charge < -0.3 is 10.6 Å². The van der Waals surface area contributed by atoms with Crippen molar-refractivity contribution in [2.75, 3.05) is 10.6 Å². The number of urea groups is 1. The van der Waals surface area contributed by atoms with Crippen LogP contribution >= 0.6 is 23.2 Å². The molecule has 0 radical (unpaired) electrons. The Kier molecular flexibility index (Phi) is 4.92. The van der Waals surface area contributed by atoms with Gasteiger partial charge in [0.05, 0.1) is 20.6 Å². The van der Waals surface area contributed by atoms with Crippen molar-refractivity contribution in [2.45, 2.75) is 4.90 Å². The summed E-state index contributed by atoms with van der Waals surface area (Å²) in [5.74, 6) is 0. The second kappa shape index (κ2) is 6.53. The zero-order chi connectivity index (χ0) is 16.3. The highest BCUT2D eigenvalue weighted by molar-refractivity contribution is 7.89. The monoisotopic (exact) mass is 359 g/mol. The molecule has 2 aromatic carbocycles. The number of rotatable bonds is 3. The van der Waals surface area contributed by atoms with Crippen molar-refractivity contribution in [3.05, 3.63) is 52.5 Å². The molecule has 22 heavy (non-hydrogen) atoms. The minimum atomic E-state index is -3.94. The fourth-order valence-corrected chi connectivity index (χ4v) is 2.91. The van der Waals surface area contributed by atoms with Gasteiger partial charge in [0.25, 0.3) is 0 Å². The van der Waals surface area contributed by atoms with Gasteiger partial charge in [-0.15, -0.1) is 0 Å². The van der Waals surface area contributed by atoms with E-state index in [0.717, 1.165) is 12.1 Å². The summed E-state index contributed by atoms with van der Waals surface area (Å²) in [6.45, 7) is 0. The summed E-state index contributed by atoms with van der Waals surface area (Å²) in [4.78, 5) is 11.6. The Morgan fingerprint density at radius 1 is 1.00 bits per heavy atom. The Morgan fingerprint density at radius 2 is 1.55 bits per heavy atom. The molecule has 2 aromatic rings. The van der Waals surface area contributed by atoms with Crippen molar-refractivity contribution in [3.63, 3.8) is 0 Å². The van der Waals surface area contributed by atoms with Crippen LogP contribution in [0.2, 0.25) is 10.0 Å². The summed E-state index contributed by atoms with van der Waals surface area (Å²) in [6.07, 6.45) is 0. The maximum atomic E-state index is 11.9. The quantitative estimate of drug-likeness (QED) is 0.783. The highest BCUT2D eigenvalue weighted by atomic mass is 35.5. The van der Waals surface area contributed by atoms with Crippen LogP contribution in [-0.4, -0.2) is 14.4 Å². The lowest BCUT2D eigenvalue weighted by molar-refractivity contribution is 0.262. The van der Waals surface area contributed by atoms with E-state index in [0.29, 0.717) is 5.69 Å². The minimum Gasteiger partial charge on any atom is -0.308 e. The van der Waals surface area contributed by atoms with Gasteiger partial charge in [0.2, 0.25) is 10.0 Å². The molecule has 0 heterocycles. The van der Waals surface area contributed by atoms with Crippen molar-refractivity contribution < 1.29 is 13.2 Å². The normalized spacial score (nSPS) is 11.0. The molecule has 6 nitrogen and oxygen atoms in total. The smallest absolute Gasteiger partial charge is 0.308 e. The maximum Gasteiger partial charge on any atom is 0.323 e. The number of hydrogen-bond donors (Lipinski definition) is 3. The van der Waals surface area contributed by atoms with E-state index in [-0.39, 0.29) is 20.6 Å². The third-order valence-corrected chi connectivity index (χ3v) is 4.10. The lowest BCUT2D eigenvalue weighted by atomic mass is 10.3. The number of hydrogen-bond acceptors (Lipinski definition) is 3. The van der Waals surface area contributed by atoms with Crippen LogP contribution in [-0.2, 0) is 10.0 Å². The standard InChI is InChI=1S/C13H11Cl2N3O3S/c14-10-6-9(22(16,20)21)7-11(15)12(10)18-13(19)17-8-4-2-1-3-5-8/h1-7H,(H2,16,20,21)(H2,17,18,19). The van der Waals surface area contributed by atoms with Gasteiger partial charge >= 0.3 is 6.03 Å². The van der Waals surface area contributed by atoms with Gasteiger partial charge in [-0.1, -0.05) is 41.4 Å². The van der Waals surface area contributed by atoms with E-state index in [1.54, 1.807) is 24.3 Å². The number of halogens is 2. The van der Waals surface area contributed by atoms with E-state index >= 15 is 0 Å². The molecule has 0 unspecified atom stereocenters. The number of carbonyl (C=O) groups is 1. The van der Waals surface area contributed by atoms with Crippen LogP contribution in [0.1, 0.15) is 0 Å². The van der Waals surface area contributed by atoms with Crippen LogP contribution in [0.3, 0.4) is 0 Å². The van der Waals surface area contributed by atoms with Crippen LogP contribution < -0.4 is 15.8 Å². The third kappa shape index (κ3) is 4.11. The first-order valence-corrected chi connectivity index (χ1v) is 8.22. The summed E-state index contributed by atoms with van der Waals surface area (Å²) in [7, 11) is -3.94. The maximum absolute atomic E-state index is 11.9. The number of amides is 2. The number of nitrogens with two attached hydrogens (primary N) is 1. The molecular weight excluding hydrogens is 349 g/mol. The van der Waals surface area contributed by atoms with E-state index in [2.05, 4.69) is 10.6 Å². The molecule has 0 fully saturated rings. The van der Waals surface area contributed by atoms with E-state index in [1.165, 1.54) is 0 Å². The molecule has 116 valence electrons. The summed E-state index contributed by atoms with van der Waals surface area (Å²) in [5.41, 5.74) is 0.664. The molecule has 0 atom stereocenters. The average molecular weight is 360 g/mol. The van der Waals surface area contributed by atoms with Gasteiger partial charge in [-0.25, -0.2) is 18.4 Å². The predicted octanol–water partition coefficient (Wildman–Crippen LogP) is 3.28. The fourth-order valence-electron chi connectivity index (χ4n) is 1.63. The Hall–Kier alpha value is -1.80. The fraction of sp³-hybridized carbons (Fsp3) is 0. The lowest BCUT2D eigenvalue weighted by Crippen LogP contribution is -2.20. The molecule has 0 aliphatic heterocycles. The van der Waals surface area contributed by atoms with Gasteiger partial charge in [-0.3, -0.25) is 0 Å². The minimum absolute atomic E-state index is 0.0419. The molecule has 0 saturated heterocycles. The first-order valence-electron chi connectivity index (χ1n) is 5.92. The topological polar surface area (TPSA) is 101 Å². The van der Waals surface area contributed by atoms with Crippen molar-refractivity contribution in [3.8, 4) is 0 Å². The predicted molar refractivity (Wildman–Crippen MR) is 86.9 cm³/mol. The van der Waals surface area contributed by atoms with Crippen molar-refractivity contribution >= 4 is 50.6 Å². The zero-order valence-electron chi connectivity index (χ0n) is 11.0. The number of anilines is 2. The van der Waals surface area contributed by atoms with Gasteiger partial charge in [-0.2, -0.15) is 0 Å². The van der Waals surface area contributed by atoms with Crippen LogP contribution in [0, 0.1) is 0 Å². The van der Waals surface area contributed by atoms with Crippen LogP contribution in [0.5, 0.6) is 0 Å². The number of para-hydroxylation sites is 1. The third-order valence-electron chi connectivity index (χ3n) is 2.61. The van der Waals surface area contributed by atoms with Crippen LogP contribution in [0.25, 0.3) is 0 Å². The molecule has 0 saturated carbocycles. The summed E-state index contributed by atoms with van der Waals surface area (Å²) >= 11 is 11.9. The lowest BCUT2D eigenvalue weighted by Gasteiger charge is -2.11. The van der Waals surface area contributed by atoms with Gasteiger partial charge in [0, 0.05) is 5.69 Å². The van der Waals surface area contributed by atoms with Crippen LogP contribution in [0.4, 0.5) is 16.2 Å². The van der Waals surface area contributed by atoms with E-state index in [9.17, 15) is 13.2 Å². The molecule has 9 heteroatoms. The largest absolute Gasteiger partial charge is 0.323 e. The van der Waals surface area contributed by atoms with Gasteiger partial charge in [-0.05, 0) is 24.3 Å². The Labute approximate surface area is 137 Å². The molecule has 2 amide bonds. The molecule has 0 aliphatic carbocycles. The van der Waals surface area contributed by atoms with Gasteiger partial charge in [0.15, 0.2) is 0 Å². The van der Waals surface area contributed by atoms with Crippen molar-refractivity contribution in [1.82, 2.24) is 0 Å². The number of benzene rings is 2. The number of sulfonamides is 1. The molecule has 0 bridgehead atoms. The molecular formula is C13H11Cl2N3O3S. The Balaban J connectivity index is 2.21. The van der Waals surface area contributed by atoms with Crippen LogP contribution in [0.15, 0.2) is 47.4 Å². The van der Waals surface area contributed by atoms with E-state index < -0.39 is 16.1 Å². The molecule has 0 aliphatic rings. The summed E-state index contributed by atoms with van der Waals surface area (Å²) in [6, 6.07) is 10.4. The van der Waals surface area contributed by atoms with Crippen molar-refractivity contribution in [1.29, 1.82) is 0 Å².